The molecular formula is C20H41NO4S. The Hall–Kier alpha value is -0.460. The lowest BCUT2D eigenvalue weighted by molar-refractivity contribution is -0.123. The summed E-state index contributed by atoms with van der Waals surface area (Å²) in [6.45, 7) is 6.26. The van der Waals surface area contributed by atoms with Gasteiger partial charge in [-0.1, -0.05) is 85.0 Å². The highest BCUT2D eigenvalue weighted by molar-refractivity contribution is 7.83. The van der Waals surface area contributed by atoms with E-state index in [2.05, 4.69) is 11.6 Å². The molecule has 2 unspecified atom stereocenters. The largest absolute Gasteiger partial charge is 0.333 e. The first kappa shape index (κ1) is 25.5. The molecule has 0 saturated carbocycles. The van der Waals surface area contributed by atoms with Crippen molar-refractivity contribution in [3.05, 3.63) is 0 Å². The van der Waals surface area contributed by atoms with Crippen LogP contribution in [0.25, 0.3) is 0 Å². The molecule has 2 atom stereocenters. The van der Waals surface area contributed by atoms with E-state index in [9.17, 15) is 13.2 Å². The van der Waals surface area contributed by atoms with Gasteiger partial charge in [0, 0.05) is 18.9 Å². The van der Waals surface area contributed by atoms with Gasteiger partial charge in [-0.3, -0.25) is 9.35 Å². The lowest BCUT2D eigenvalue weighted by Crippen LogP contribution is -2.30. The topological polar surface area (TPSA) is 83.5 Å². The highest BCUT2D eigenvalue weighted by atomic mass is 32.2. The van der Waals surface area contributed by atoms with Crippen molar-refractivity contribution in [3.8, 4) is 0 Å². The lowest BCUT2D eigenvalue weighted by Gasteiger charge is -2.18. The third-order valence-corrected chi connectivity index (χ3v) is 5.70. The van der Waals surface area contributed by atoms with E-state index in [1.54, 1.807) is 0 Å². The number of nitrogens with one attached hydrogen (secondary N) is 1. The summed E-state index contributed by atoms with van der Waals surface area (Å²) in [7, 11) is -4.19. The standard InChI is InChI=1S/C20H41NO4S/c1-4-6-7-8-9-10-11-12-13-14-15-19(17-21-26(23,24)25)16-20(22)18(3)5-2/h18-19,21H,4-17H2,1-3H3,(H,23,24,25). The van der Waals surface area contributed by atoms with Crippen molar-refractivity contribution in [3.63, 3.8) is 0 Å². The number of ketones is 1. The maximum Gasteiger partial charge on any atom is 0.333 e. The maximum atomic E-state index is 12.2. The Bertz CT molecular complexity index is 451. The van der Waals surface area contributed by atoms with Crippen LogP contribution in [-0.2, 0) is 15.1 Å². The summed E-state index contributed by atoms with van der Waals surface area (Å²) in [6.07, 6.45) is 14.5. The van der Waals surface area contributed by atoms with E-state index in [0.717, 1.165) is 25.7 Å². The molecule has 0 radical (unpaired) electrons. The van der Waals surface area contributed by atoms with Crippen LogP contribution >= 0.6 is 0 Å². The fourth-order valence-electron chi connectivity index (χ4n) is 3.13. The van der Waals surface area contributed by atoms with E-state index in [1.165, 1.54) is 51.4 Å². The Morgan fingerprint density at radius 2 is 1.42 bits per heavy atom. The molecule has 0 aliphatic rings. The van der Waals surface area contributed by atoms with Crippen molar-refractivity contribution in [1.82, 2.24) is 4.72 Å². The number of rotatable bonds is 18. The van der Waals surface area contributed by atoms with E-state index in [1.807, 2.05) is 13.8 Å². The third kappa shape index (κ3) is 15.8. The lowest BCUT2D eigenvalue weighted by atomic mass is 9.90. The second kappa shape index (κ2) is 15.6. The minimum absolute atomic E-state index is 0.0101. The summed E-state index contributed by atoms with van der Waals surface area (Å²) < 4.78 is 32.9. The van der Waals surface area contributed by atoms with Gasteiger partial charge in [-0.15, -0.1) is 0 Å². The molecule has 0 aliphatic heterocycles. The molecule has 0 spiro atoms. The van der Waals surface area contributed by atoms with Crippen LogP contribution in [0.3, 0.4) is 0 Å². The fourth-order valence-corrected chi connectivity index (χ4v) is 3.58. The van der Waals surface area contributed by atoms with E-state index in [4.69, 9.17) is 4.55 Å². The molecule has 0 fully saturated rings. The van der Waals surface area contributed by atoms with Crippen molar-refractivity contribution in [2.75, 3.05) is 6.54 Å². The molecule has 5 nitrogen and oxygen atoms in total. The summed E-state index contributed by atoms with van der Waals surface area (Å²) >= 11 is 0. The second-order valence-corrected chi connectivity index (χ2v) is 8.88. The van der Waals surface area contributed by atoms with Gasteiger partial charge in [0.05, 0.1) is 0 Å². The molecule has 0 aromatic carbocycles. The average Bonchev–Trinajstić information content (AvgIpc) is 2.59. The van der Waals surface area contributed by atoms with Crippen LogP contribution in [0.15, 0.2) is 0 Å². The number of carbonyl (C=O) groups is 1. The van der Waals surface area contributed by atoms with Gasteiger partial charge in [0.1, 0.15) is 5.78 Å². The van der Waals surface area contributed by atoms with Crippen LogP contribution in [0.1, 0.15) is 104 Å². The highest BCUT2D eigenvalue weighted by Gasteiger charge is 2.19. The number of hydrogen-bond donors (Lipinski definition) is 2. The molecule has 0 amide bonds. The molecule has 0 bridgehead atoms. The molecule has 0 rings (SSSR count). The zero-order valence-electron chi connectivity index (χ0n) is 17.1. The third-order valence-electron chi connectivity index (χ3n) is 5.17. The van der Waals surface area contributed by atoms with Gasteiger partial charge >= 0.3 is 10.3 Å². The van der Waals surface area contributed by atoms with Crippen LogP contribution in [0.4, 0.5) is 0 Å². The van der Waals surface area contributed by atoms with Crippen molar-refractivity contribution in [2.45, 2.75) is 104 Å². The fraction of sp³-hybridized carbons (Fsp3) is 0.950. The smallest absolute Gasteiger partial charge is 0.299 e. The summed E-state index contributed by atoms with van der Waals surface area (Å²) in [4.78, 5) is 12.2. The van der Waals surface area contributed by atoms with Crippen molar-refractivity contribution in [2.24, 2.45) is 11.8 Å². The van der Waals surface area contributed by atoms with Crippen molar-refractivity contribution >= 4 is 16.1 Å². The highest BCUT2D eigenvalue weighted by Crippen LogP contribution is 2.19. The SMILES string of the molecule is CCCCCCCCCCCCC(CNS(=O)(=O)O)CC(=O)C(C)CC. The van der Waals surface area contributed by atoms with E-state index in [0.29, 0.717) is 6.42 Å². The van der Waals surface area contributed by atoms with Gasteiger partial charge in [0.15, 0.2) is 0 Å². The Balaban J connectivity index is 4.01. The van der Waals surface area contributed by atoms with Crippen LogP contribution in [0, 0.1) is 11.8 Å². The molecule has 0 saturated heterocycles. The monoisotopic (exact) mass is 391 g/mol. The molecule has 0 aliphatic carbocycles. The molecule has 0 aromatic rings. The van der Waals surface area contributed by atoms with E-state index < -0.39 is 10.3 Å². The first-order valence-corrected chi connectivity index (χ1v) is 12.0. The number of Topliss-reactive ketones (excluding diaryl/α,β-unsaturated/α-hetero) is 1. The first-order chi connectivity index (χ1) is 12.3. The normalized spacial score (nSPS) is 14.3. The summed E-state index contributed by atoms with van der Waals surface area (Å²) in [5, 5.41) is 0. The number of unbranched alkanes of at least 4 members (excludes halogenated alkanes) is 9. The molecule has 6 heteroatoms. The van der Waals surface area contributed by atoms with Gasteiger partial charge < -0.3 is 0 Å². The minimum atomic E-state index is -4.19. The van der Waals surface area contributed by atoms with Gasteiger partial charge in [0.25, 0.3) is 0 Å². The summed E-state index contributed by atoms with van der Waals surface area (Å²) in [5.74, 6) is 0.158. The predicted molar refractivity (Wildman–Crippen MR) is 109 cm³/mol. The van der Waals surface area contributed by atoms with Gasteiger partial charge in [-0.05, 0) is 18.8 Å². The summed E-state index contributed by atoms with van der Waals surface area (Å²) in [5.41, 5.74) is 0. The van der Waals surface area contributed by atoms with Crippen LogP contribution < -0.4 is 4.72 Å². The van der Waals surface area contributed by atoms with Crippen molar-refractivity contribution < 1.29 is 17.8 Å². The zero-order valence-corrected chi connectivity index (χ0v) is 18.0. The Morgan fingerprint density at radius 3 is 1.88 bits per heavy atom. The van der Waals surface area contributed by atoms with Gasteiger partial charge in [-0.25, -0.2) is 0 Å². The number of hydrogen-bond acceptors (Lipinski definition) is 3. The first-order valence-electron chi connectivity index (χ1n) is 10.5. The minimum Gasteiger partial charge on any atom is -0.299 e. The quantitative estimate of drug-likeness (QED) is 0.245. The van der Waals surface area contributed by atoms with E-state index in [-0.39, 0.29) is 24.2 Å². The Kier molecular flexibility index (Phi) is 15.3. The molecule has 2 N–H and O–H groups in total. The Morgan fingerprint density at radius 1 is 0.923 bits per heavy atom. The van der Waals surface area contributed by atoms with E-state index >= 15 is 0 Å². The van der Waals surface area contributed by atoms with Gasteiger partial charge in [0.2, 0.25) is 0 Å². The van der Waals surface area contributed by atoms with Gasteiger partial charge in [-0.2, -0.15) is 13.1 Å². The Labute approximate surface area is 161 Å². The van der Waals surface area contributed by atoms with Crippen LogP contribution in [0.2, 0.25) is 0 Å². The summed E-state index contributed by atoms with van der Waals surface area (Å²) in [6, 6.07) is 0. The number of carbonyl (C=O) groups excluding carboxylic acids is 1. The molecule has 156 valence electrons. The average molecular weight is 392 g/mol. The van der Waals surface area contributed by atoms with Crippen molar-refractivity contribution in [1.29, 1.82) is 0 Å². The second-order valence-electron chi connectivity index (χ2n) is 7.64. The maximum absolute atomic E-state index is 12.2. The molecular weight excluding hydrogens is 350 g/mol. The predicted octanol–water partition coefficient (Wildman–Crippen LogP) is 5.31. The molecule has 26 heavy (non-hydrogen) atoms. The molecule has 0 heterocycles. The van der Waals surface area contributed by atoms with Crippen LogP contribution in [-0.4, -0.2) is 25.3 Å². The van der Waals surface area contributed by atoms with Crippen LogP contribution in [0.5, 0.6) is 0 Å². The molecule has 0 aromatic heterocycles. The zero-order chi connectivity index (χ0) is 19.8.